The lowest BCUT2D eigenvalue weighted by Gasteiger charge is -2.20. The van der Waals surface area contributed by atoms with E-state index in [1.807, 2.05) is 0 Å². The van der Waals surface area contributed by atoms with Crippen LogP contribution in [0.15, 0.2) is 0 Å². The van der Waals surface area contributed by atoms with Gasteiger partial charge < -0.3 is 24.6 Å². The van der Waals surface area contributed by atoms with Crippen molar-refractivity contribution in [2.24, 2.45) is 0 Å². The SMILES string of the molecule is CCCCCCCCCCCCCCCCCCCCCCCCCC(=O)O[C@H](COC(=O)CCCCCCCCCCCCCC)COP(=O)(O)OC[C@@H](O)CO. The van der Waals surface area contributed by atoms with Gasteiger partial charge >= 0.3 is 19.8 Å². The molecule has 346 valence electrons. The monoisotopic (exact) mass is 849 g/mol. The molecule has 0 fully saturated rings. The highest BCUT2D eigenvalue weighted by Gasteiger charge is 2.27. The minimum atomic E-state index is -4.61. The predicted molar refractivity (Wildman–Crippen MR) is 238 cm³/mol. The Balaban J connectivity index is 4.09. The number of aliphatic hydroxyl groups excluding tert-OH is 2. The first-order valence-electron chi connectivity index (χ1n) is 24.5. The summed E-state index contributed by atoms with van der Waals surface area (Å²) in [5.41, 5.74) is 0. The number of esters is 2. The highest BCUT2D eigenvalue weighted by Crippen LogP contribution is 2.43. The van der Waals surface area contributed by atoms with E-state index in [-0.39, 0.29) is 19.4 Å². The van der Waals surface area contributed by atoms with Crippen molar-refractivity contribution >= 4 is 19.8 Å². The highest BCUT2D eigenvalue weighted by atomic mass is 31.2. The Kier molecular flexibility index (Phi) is 43.3. The Labute approximate surface area is 356 Å². The number of hydrogen-bond acceptors (Lipinski definition) is 9. The van der Waals surface area contributed by atoms with Crippen LogP contribution in [0.25, 0.3) is 0 Å². The van der Waals surface area contributed by atoms with Gasteiger partial charge in [-0.3, -0.25) is 18.6 Å². The molecule has 10 nitrogen and oxygen atoms in total. The summed E-state index contributed by atoms with van der Waals surface area (Å²) >= 11 is 0. The standard InChI is InChI=1S/C47H93O10P/c1-3-5-7-9-11-13-15-17-18-19-20-21-22-23-24-25-26-27-29-31-33-35-37-39-47(51)57-45(43-56-58(52,53)55-41-44(49)40-48)42-54-46(50)38-36-34-32-30-28-16-14-12-10-8-6-4-2/h44-45,48-49H,3-43H2,1-2H3,(H,52,53)/t44-,45+/m0/s1. The highest BCUT2D eigenvalue weighted by molar-refractivity contribution is 7.47. The number of phosphoric ester groups is 1. The van der Waals surface area contributed by atoms with Gasteiger partial charge in [0.15, 0.2) is 6.10 Å². The molecular formula is C47H93O10P. The van der Waals surface area contributed by atoms with E-state index in [1.54, 1.807) is 0 Å². The topological polar surface area (TPSA) is 149 Å². The summed E-state index contributed by atoms with van der Waals surface area (Å²) < 4.78 is 32.8. The van der Waals surface area contributed by atoms with Crippen molar-refractivity contribution in [2.45, 2.75) is 264 Å². The number of unbranched alkanes of at least 4 members (excludes halogenated alkanes) is 33. The number of phosphoric acid groups is 1. The average molecular weight is 849 g/mol. The third kappa shape index (κ3) is 43.1. The number of ether oxygens (including phenoxy) is 2. The molecule has 11 heteroatoms. The molecule has 0 aromatic heterocycles. The van der Waals surface area contributed by atoms with Gasteiger partial charge in [-0.15, -0.1) is 0 Å². The minimum absolute atomic E-state index is 0.193. The van der Waals surface area contributed by atoms with E-state index in [4.69, 9.17) is 23.6 Å². The van der Waals surface area contributed by atoms with Crippen LogP contribution in [-0.4, -0.2) is 65.7 Å². The smallest absolute Gasteiger partial charge is 0.462 e. The van der Waals surface area contributed by atoms with Crippen LogP contribution in [0, 0.1) is 0 Å². The molecule has 0 aliphatic rings. The van der Waals surface area contributed by atoms with Crippen LogP contribution in [-0.2, 0) is 32.7 Å². The molecule has 0 spiro atoms. The number of carbonyl (C=O) groups is 2. The second-order valence-electron chi connectivity index (χ2n) is 16.9. The van der Waals surface area contributed by atoms with E-state index in [2.05, 4.69) is 13.8 Å². The molecule has 0 radical (unpaired) electrons. The maximum absolute atomic E-state index is 12.6. The van der Waals surface area contributed by atoms with Gasteiger partial charge in [-0.1, -0.05) is 226 Å². The van der Waals surface area contributed by atoms with Gasteiger partial charge in [0.2, 0.25) is 0 Å². The van der Waals surface area contributed by atoms with Crippen molar-refractivity contribution < 1.29 is 47.8 Å². The summed E-state index contributed by atoms with van der Waals surface area (Å²) in [4.78, 5) is 35.0. The molecule has 0 amide bonds. The van der Waals surface area contributed by atoms with Crippen LogP contribution in [0.5, 0.6) is 0 Å². The first-order valence-corrected chi connectivity index (χ1v) is 26.0. The lowest BCUT2D eigenvalue weighted by Crippen LogP contribution is -2.29. The quantitative estimate of drug-likeness (QED) is 0.0307. The fraction of sp³-hybridized carbons (Fsp3) is 0.957. The molecule has 0 aromatic carbocycles. The molecule has 3 atom stereocenters. The fourth-order valence-electron chi connectivity index (χ4n) is 7.23. The first kappa shape index (κ1) is 57.0. The molecule has 3 N–H and O–H groups in total. The zero-order valence-electron chi connectivity index (χ0n) is 37.8. The van der Waals surface area contributed by atoms with Gasteiger partial charge in [0, 0.05) is 12.8 Å². The van der Waals surface area contributed by atoms with Crippen LogP contribution in [0.1, 0.15) is 251 Å². The van der Waals surface area contributed by atoms with Gasteiger partial charge in [0.1, 0.15) is 12.7 Å². The molecule has 58 heavy (non-hydrogen) atoms. The van der Waals surface area contributed by atoms with Crippen LogP contribution >= 0.6 is 7.82 Å². The van der Waals surface area contributed by atoms with Crippen LogP contribution in [0.2, 0.25) is 0 Å². The van der Waals surface area contributed by atoms with Crippen LogP contribution in [0.3, 0.4) is 0 Å². The Morgan fingerprint density at radius 2 is 0.741 bits per heavy atom. The molecule has 0 aliphatic heterocycles. The van der Waals surface area contributed by atoms with Gasteiger partial charge in [-0.25, -0.2) is 4.57 Å². The number of carbonyl (C=O) groups excluding carboxylic acids is 2. The fourth-order valence-corrected chi connectivity index (χ4v) is 8.02. The molecule has 0 aromatic rings. The molecule has 0 aliphatic carbocycles. The van der Waals surface area contributed by atoms with Crippen LogP contribution in [0.4, 0.5) is 0 Å². The average Bonchev–Trinajstić information content (AvgIpc) is 3.21. The minimum Gasteiger partial charge on any atom is -0.462 e. The third-order valence-electron chi connectivity index (χ3n) is 11.0. The van der Waals surface area contributed by atoms with Crippen LogP contribution < -0.4 is 0 Å². The largest absolute Gasteiger partial charge is 0.472 e. The summed E-state index contributed by atoms with van der Waals surface area (Å²) in [5.74, 6) is -0.907. The van der Waals surface area contributed by atoms with E-state index in [9.17, 15) is 24.2 Å². The number of rotatable bonds is 47. The Bertz CT molecular complexity index is 935. The summed E-state index contributed by atoms with van der Waals surface area (Å²) in [6.45, 7) is 2.43. The zero-order valence-corrected chi connectivity index (χ0v) is 38.7. The molecule has 1 unspecified atom stereocenters. The van der Waals surface area contributed by atoms with E-state index >= 15 is 0 Å². The zero-order chi connectivity index (χ0) is 42.6. The molecule has 0 saturated carbocycles. The molecule has 0 bridgehead atoms. The van der Waals surface area contributed by atoms with Crippen molar-refractivity contribution in [3.05, 3.63) is 0 Å². The first-order chi connectivity index (χ1) is 28.2. The molecule has 0 saturated heterocycles. The number of hydrogen-bond donors (Lipinski definition) is 3. The normalized spacial score (nSPS) is 13.7. The predicted octanol–water partition coefficient (Wildman–Crippen LogP) is 13.4. The maximum atomic E-state index is 12.6. The van der Waals surface area contributed by atoms with Crippen molar-refractivity contribution in [1.82, 2.24) is 0 Å². The van der Waals surface area contributed by atoms with Crippen molar-refractivity contribution in [1.29, 1.82) is 0 Å². The van der Waals surface area contributed by atoms with E-state index in [0.717, 1.165) is 38.5 Å². The van der Waals surface area contributed by atoms with Crippen molar-refractivity contribution in [2.75, 3.05) is 26.4 Å². The lowest BCUT2D eigenvalue weighted by molar-refractivity contribution is -0.161. The summed E-state index contributed by atoms with van der Waals surface area (Å²) in [5, 5.41) is 18.4. The Hall–Kier alpha value is -1.03. The Morgan fingerprint density at radius 1 is 0.448 bits per heavy atom. The second-order valence-corrected chi connectivity index (χ2v) is 18.3. The van der Waals surface area contributed by atoms with Gasteiger partial charge in [0.25, 0.3) is 0 Å². The van der Waals surface area contributed by atoms with Crippen molar-refractivity contribution in [3.63, 3.8) is 0 Å². The van der Waals surface area contributed by atoms with Gasteiger partial charge in [0.05, 0.1) is 19.8 Å². The number of aliphatic hydroxyl groups is 2. The van der Waals surface area contributed by atoms with E-state index in [1.165, 1.54) is 173 Å². The van der Waals surface area contributed by atoms with Gasteiger partial charge in [-0.2, -0.15) is 0 Å². The maximum Gasteiger partial charge on any atom is 0.472 e. The summed E-state index contributed by atoms with van der Waals surface area (Å²) in [7, 11) is -4.61. The lowest BCUT2D eigenvalue weighted by atomic mass is 10.0. The molecular weight excluding hydrogens is 755 g/mol. The Morgan fingerprint density at radius 3 is 1.07 bits per heavy atom. The molecule has 0 rings (SSSR count). The second kappa shape index (κ2) is 44.0. The van der Waals surface area contributed by atoms with Gasteiger partial charge in [-0.05, 0) is 12.8 Å². The summed E-state index contributed by atoms with van der Waals surface area (Å²) in [6, 6.07) is 0. The van der Waals surface area contributed by atoms with E-state index in [0.29, 0.717) is 12.8 Å². The molecule has 0 heterocycles. The third-order valence-corrected chi connectivity index (χ3v) is 12.0. The van der Waals surface area contributed by atoms with E-state index < -0.39 is 51.8 Å². The van der Waals surface area contributed by atoms with Crippen molar-refractivity contribution in [3.8, 4) is 0 Å². The summed E-state index contributed by atoms with van der Waals surface area (Å²) in [6.07, 6.45) is 42.2.